The first-order chi connectivity index (χ1) is 9.66. The minimum atomic E-state index is -1.40. The van der Waals surface area contributed by atoms with E-state index in [2.05, 4.69) is 0 Å². The highest BCUT2D eigenvalue weighted by molar-refractivity contribution is 5.46. The van der Waals surface area contributed by atoms with Crippen LogP contribution in [0.2, 0.25) is 0 Å². The Kier molecular flexibility index (Phi) is 3.28. The topological polar surface area (TPSA) is 38.7 Å². The monoisotopic (exact) mass is 278 g/mol. The molecule has 2 aromatic carbocycles. The van der Waals surface area contributed by atoms with Gasteiger partial charge in [0.2, 0.25) is 0 Å². The molecule has 0 saturated carbocycles. The fraction of sp³-hybridized carbons (Fsp3) is 0.200. The molecule has 1 heterocycles. The first-order valence-corrected chi connectivity index (χ1v) is 6.18. The summed E-state index contributed by atoms with van der Waals surface area (Å²) in [6, 6.07) is 8.19. The molecule has 2 aromatic rings. The number of aliphatic hydroxyl groups is 1. The Balaban J connectivity index is 2.00. The van der Waals surface area contributed by atoms with Crippen LogP contribution in [-0.2, 0) is 0 Å². The molecule has 3 rings (SSSR count). The van der Waals surface area contributed by atoms with Gasteiger partial charge in [0, 0.05) is 0 Å². The van der Waals surface area contributed by atoms with Crippen molar-refractivity contribution in [3.63, 3.8) is 0 Å². The molecule has 0 aliphatic carbocycles. The molecule has 0 aromatic heterocycles. The quantitative estimate of drug-likeness (QED) is 0.918. The third kappa shape index (κ3) is 2.20. The highest BCUT2D eigenvalue weighted by Gasteiger charge is 2.21. The minimum Gasteiger partial charge on any atom is -0.486 e. The first-order valence-electron chi connectivity index (χ1n) is 6.18. The van der Waals surface area contributed by atoms with E-state index in [1.54, 1.807) is 12.1 Å². The van der Waals surface area contributed by atoms with Crippen LogP contribution in [0.25, 0.3) is 0 Å². The zero-order valence-corrected chi connectivity index (χ0v) is 10.5. The Labute approximate surface area is 114 Å². The van der Waals surface area contributed by atoms with Crippen LogP contribution >= 0.6 is 0 Å². The molecule has 3 nitrogen and oxygen atoms in total. The van der Waals surface area contributed by atoms with Crippen molar-refractivity contribution in [3.05, 3.63) is 59.2 Å². The van der Waals surface area contributed by atoms with Crippen molar-refractivity contribution in [3.8, 4) is 11.5 Å². The van der Waals surface area contributed by atoms with Crippen molar-refractivity contribution < 1.29 is 23.4 Å². The fourth-order valence-electron chi connectivity index (χ4n) is 2.17. The second-order valence-electron chi connectivity index (χ2n) is 4.44. The number of hydrogen-bond acceptors (Lipinski definition) is 3. The lowest BCUT2D eigenvalue weighted by Crippen LogP contribution is -2.16. The van der Waals surface area contributed by atoms with E-state index in [1.165, 1.54) is 12.1 Å². The van der Waals surface area contributed by atoms with Crippen LogP contribution in [0, 0.1) is 11.6 Å². The molecule has 0 spiro atoms. The number of rotatable bonds is 2. The van der Waals surface area contributed by atoms with E-state index in [0.29, 0.717) is 30.3 Å². The van der Waals surface area contributed by atoms with Crippen LogP contribution in [-0.4, -0.2) is 18.3 Å². The largest absolute Gasteiger partial charge is 0.486 e. The van der Waals surface area contributed by atoms with E-state index in [4.69, 9.17) is 9.47 Å². The molecule has 1 aliphatic rings. The third-order valence-electron chi connectivity index (χ3n) is 3.16. The van der Waals surface area contributed by atoms with Gasteiger partial charge in [-0.05, 0) is 29.8 Å². The van der Waals surface area contributed by atoms with E-state index in [-0.39, 0.29) is 5.56 Å². The molecule has 0 saturated heterocycles. The molecule has 5 heteroatoms. The van der Waals surface area contributed by atoms with Gasteiger partial charge in [-0.3, -0.25) is 0 Å². The predicted molar refractivity (Wildman–Crippen MR) is 67.9 cm³/mol. The zero-order valence-electron chi connectivity index (χ0n) is 10.5. The number of halogens is 2. The summed E-state index contributed by atoms with van der Waals surface area (Å²) in [5.41, 5.74) is -0.0255. The molecular weight excluding hydrogens is 266 g/mol. The van der Waals surface area contributed by atoms with Gasteiger partial charge in [0.1, 0.15) is 31.0 Å². The second-order valence-corrected chi connectivity index (χ2v) is 4.44. The van der Waals surface area contributed by atoms with Gasteiger partial charge < -0.3 is 14.6 Å². The lowest BCUT2D eigenvalue weighted by molar-refractivity contribution is 0.169. The number of fused-ring (bicyclic) bond motifs is 1. The van der Waals surface area contributed by atoms with Gasteiger partial charge in [-0.15, -0.1) is 0 Å². The Morgan fingerprint density at radius 3 is 2.30 bits per heavy atom. The molecule has 0 bridgehead atoms. The second kappa shape index (κ2) is 5.09. The Morgan fingerprint density at radius 2 is 1.60 bits per heavy atom. The number of benzene rings is 2. The molecule has 104 valence electrons. The van der Waals surface area contributed by atoms with Crippen molar-refractivity contribution >= 4 is 0 Å². The zero-order chi connectivity index (χ0) is 14.1. The maximum atomic E-state index is 13.7. The standard InChI is InChI=1S/C15H12F2O3/c16-10-2-1-3-11(17)14(10)15(18)9-4-5-12-13(8-9)20-7-6-19-12/h1-5,8,15,18H,6-7H2. The van der Waals surface area contributed by atoms with Gasteiger partial charge in [-0.1, -0.05) is 12.1 Å². The summed E-state index contributed by atoms with van der Waals surface area (Å²) in [6.07, 6.45) is -1.40. The van der Waals surface area contributed by atoms with Crippen molar-refractivity contribution in [2.75, 3.05) is 13.2 Å². The summed E-state index contributed by atoms with van der Waals surface area (Å²) in [6.45, 7) is 0.859. The fourth-order valence-corrected chi connectivity index (χ4v) is 2.17. The summed E-state index contributed by atoms with van der Waals surface area (Å²) in [5.74, 6) is -0.550. The van der Waals surface area contributed by atoms with Gasteiger partial charge in [-0.2, -0.15) is 0 Å². The predicted octanol–water partition coefficient (Wildman–Crippen LogP) is 2.82. The Morgan fingerprint density at radius 1 is 0.950 bits per heavy atom. The van der Waals surface area contributed by atoms with Gasteiger partial charge in [-0.25, -0.2) is 8.78 Å². The number of aliphatic hydroxyl groups excluding tert-OH is 1. The highest BCUT2D eigenvalue weighted by Crippen LogP contribution is 2.35. The van der Waals surface area contributed by atoms with E-state index in [1.807, 2.05) is 0 Å². The van der Waals surface area contributed by atoms with Crippen molar-refractivity contribution in [1.82, 2.24) is 0 Å². The molecule has 0 radical (unpaired) electrons. The molecule has 0 amide bonds. The lowest BCUT2D eigenvalue weighted by Gasteiger charge is -2.20. The van der Waals surface area contributed by atoms with Crippen LogP contribution in [0.1, 0.15) is 17.2 Å². The molecule has 1 unspecified atom stereocenters. The van der Waals surface area contributed by atoms with E-state index < -0.39 is 17.7 Å². The van der Waals surface area contributed by atoms with E-state index >= 15 is 0 Å². The molecule has 1 aliphatic heterocycles. The average molecular weight is 278 g/mol. The molecular formula is C15H12F2O3. The Bertz CT molecular complexity index is 623. The van der Waals surface area contributed by atoms with Gasteiger partial charge >= 0.3 is 0 Å². The SMILES string of the molecule is OC(c1ccc2c(c1)OCCO2)c1c(F)cccc1F. The van der Waals surface area contributed by atoms with Crippen LogP contribution in [0.3, 0.4) is 0 Å². The molecule has 0 fully saturated rings. The maximum absolute atomic E-state index is 13.7. The smallest absolute Gasteiger partial charge is 0.161 e. The number of hydrogen-bond donors (Lipinski definition) is 1. The van der Waals surface area contributed by atoms with E-state index in [9.17, 15) is 13.9 Å². The van der Waals surface area contributed by atoms with Crippen LogP contribution < -0.4 is 9.47 Å². The van der Waals surface area contributed by atoms with Crippen molar-refractivity contribution in [2.45, 2.75) is 6.10 Å². The van der Waals surface area contributed by atoms with Crippen LogP contribution in [0.15, 0.2) is 36.4 Å². The summed E-state index contributed by atoms with van der Waals surface area (Å²) in [5, 5.41) is 10.2. The van der Waals surface area contributed by atoms with Crippen molar-refractivity contribution in [1.29, 1.82) is 0 Å². The minimum absolute atomic E-state index is 0.346. The summed E-state index contributed by atoms with van der Waals surface area (Å²) < 4.78 is 38.1. The van der Waals surface area contributed by atoms with Crippen molar-refractivity contribution in [2.24, 2.45) is 0 Å². The molecule has 1 N–H and O–H groups in total. The van der Waals surface area contributed by atoms with Gasteiger partial charge in [0.05, 0.1) is 5.56 Å². The van der Waals surface area contributed by atoms with Crippen LogP contribution in [0.5, 0.6) is 11.5 Å². The summed E-state index contributed by atoms with van der Waals surface area (Å²) in [4.78, 5) is 0. The Hall–Kier alpha value is -2.14. The average Bonchev–Trinajstić information content (AvgIpc) is 2.46. The van der Waals surface area contributed by atoms with E-state index in [0.717, 1.165) is 12.1 Å². The first kappa shape index (κ1) is 12.9. The van der Waals surface area contributed by atoms with Crippen LogP contribution in [0.4, 0.5) is 8.78 Å². The molecule has 1 atom stereocenters. The maximum Gasteiger partial charge on any atom is 0.161 e. The number of ether oxygens (including phenoxy) is 2. The lowest BCUT2D eigenvalue weighted by atomic mass is 10.00. The summed E-state index contributed by atoms with van der Waals surface area (Å²) in [7, 11) is 0. The van der Waals surface area contributed by atoms with Gasteiger partial charge in [0.25, 0.3) is 0 Å². The summed E-state index contributed by atoms with van der Waals surface area (Å²) >= 11 is 0. The third-order valence-corrected chi connectivity index (χ3v) is 3.16. The highest BCUT2D eigenvalue weighted by atomic mass is 19.1. The normalized spacial score (nSPS) is 14.9. The van der Waals surface area contributed by atoms with Gasteiger partial charge in [0.15, 0.2) is 11.5 Å². The molecule has 20 heavy (non-hydrogen) atoms.